The van der Waals surface area contributed by atoms with Crippen LogP contribution >= 0.6 is 0 Å². The van der Waals surface area contributed by atoms with Crippen LogP contribution in [0.3, 0.4) is 0 Å². The zero-order valence-electron chi connectivity index (χ0n) is 8.36. The van der Waals surface area contributed by atoms with Crippen molar-refractivity contribution >= 4 is 5.57 Å². The van der Waals surface area contributed by atoms with Gasteiger partial charge in [-0.15, -0.1) is 0 Å². The van der Waals surface area contributed by atoms with Crippen LogP contribution in [0.1, 0.15) is 18.4 Å². The molecule has 0 radical (unpaired) electrons. The van der Waals surface area contributed by atoms with Crippen LogP contribution in [0, 0.1) is 0 Å². The molecule has 0 atom stereocenters. The van der Waals surface area contributed by atoms with Gasteiger partial charge in [0.05, 0.1) is 7.11 Å². The largest absolute Gasteiger partial charge is 0.497 e. The predicted octanol–water partition coefficient (Wildman–Crippen LogP) is 3.43. The molecule has 1 aliphatic rings. The highest BCUT2D eigenvalue weighted by Gasteiger charge is 2.01. The first-order valence-electron chi connectivity index (χ1n) is 4.91. The molecular formula is C13H14O. The Morgan fingerprint density at radius 3 is 2.86 bits per heavy atom. The average molecular weight is 186 g/mol. The molecular weight excluding hydrogens is 172 g/mol. The molecule has 0 saturated heterocycles. The van der Waals surface area contributed by atoms with E-state index in [9.17, 15) is 0 Å². The monoisotopic (exact) mass is 186 g/mol. The van der Waals surface area contributed by atoms with Crippen molar-refractivity contribution in [1.29, 1.82) is 0 Å². The SMILES string of the molecule is COc1cccc(C2=CCCC=C2)c1. The lowest BCUT2D eigenvalue weighted by Crippen LogP contribution is -1.88. The first kappa shape index (κ1) is 9.07. The van der Waals surface area contributed by atoms with Gasteiger partial charge in [-0.25, -0.2) is 0 Å². The maximum atomic E-state index is 5.19. The maximum absolute atomic E-state index is 5.19. The van der Waals surface area contributed by atoms with Gasteiger partial charge in [0.2, 0.25) is 0 Å². The molecule has 1 aromatic carbocycles. The van der Waals surface area contributed by atoms with Crippen molar-refractivity contribution in [2.75, 3.05) is 7.11 Å². The summed E-state index contributed by atoms with van der Waals surface area (Å²) >= 11 is 0. The van der Waals surface area contributed by atoms with Crippen LogP contribution in [0.4, 0.5) is 0 Å². The molecule has 1 heteroatoms. The molecule has 0 aromatic heterocycles. The number of methoxy groups -OCH3 is 1. The van der Waals surface area contributed by atoms with Crippen molar-refractivity contribution in [3.63, 3.8) is 0 Å². The van der Waals surface area contributed by atoms with Crippen LogP contribution in [-0.4, -0.2) is 7.11 Å². The van der Waals surface area contributed by atoms with Gasteiger partial charge in [-0.05, 0) is 36.1 Å². The molecule has 1 aliphatic carbocycles. The number of benzene rings is 1. The zero-order chi connectivity index (χ0) is 9.80. The third-order valence-corrected chi connectivity index (χ3v) is 2.40. The Morgan fingerprint density at radius 1 is 1.21 bits per heavy atom. The molecule has 0 unspecified atom stereocenters. The number of hydrogen-bond acceptors (Lipinski definition) is 1. The molecule has 0 amide bonds. The van der Waals surface area contributed by atoms with Crippen molar-refractivity contribution in [3.8, 4) is 5.75 Å². The molecule has 1 aromatic rings. The summed E-state index contributed by atoms with van der Waals surface area (Å²) in [6.45, 7) is 0. The molecule has 72 valence electrons. The third kappa shape index (κ3) is 1.87. The molecule has 2 rings (SSSR count). The summed E-state index contributed by atoms with van der Waals surface area (Å²) in [4.78, 5) is 0. The van der Waals surface area contributed by atoms with Crippen molar-refractivity contribution < 1.29 is 4.74 Å². The van der Waals surface area contributed by atoms with Gasteiger partial charge in [0.1, 0.15) is 5.75 Å². The molecule has 0 aliphatic heterocycles. The predicted molar refractivity (Wildman–Crippen MR) is 59.3 cm³/mol. The smallest absolute Gasteiger partial charge is 0.119 e. The molecule has 0 bridgehead atoms. The van der Waals surface area contributed by atoms with E-state index >= 15 is 0 Å². The van der Waals surface area contributed by atoms with Gasteiger partial charge < -0.3 is 4.74 Å². The van der Waals surface area contributed by atoms with E-state index in [-0.39, 0.29) is 0 Å². The van der Waals surface area contributed by atoms with E-state index in [1.807, 2.05) is 12.1 Å². The standard InChI is InChI=1S/C13H14O/c1-14-13-9-5-8-12(10-13)11-6-3-2-4-7-11/h3,5-10H,2,4H2,1H3. The quantitative estimate of drug-likeness (QED) is 0.687. The molecule has 0 N–H and O–H groups in total. The summed E-state index contributed by atoms with van der Waals surface area (Å²) in [5.74, 6) is 0.919. The van der Waals surface area contributed by atoms with Crippen LogP contribution in [0.15, 0.2) is 42.5 Å². The fourth-order valence-corrected chi connectivity index (χ4v) is 1.63. The second-order valence-corrected chi connectivity index (χ2v) is 3.37. The Bertz CT molecular complexity index is 375. The van der Waals surface area contributed by atoms with Gasteiger partial charge in [-0.3, -0.25) is 0 Å². The van der Waals surface area contributed by atoms with E-state index in [0.717, 1.165) is 18.6 Å². The van der Waals surface area contributed by atoms with E-state index in [1.165, 1.54) is 11.1 Å². The minimum atomic E-state index is 0.919. The zero-order valence-corrected chi connectivity index (χ0v) is 8.36. The summed E-state index contributed by atoms with van der Waals surface area (Å²) in [7, 11) is 1.70. The summed E-state index contributed by atoms with van der Waals surface area (Å²) in [5, 5.41) is 0. The Morgan fingerprint density at radius 2 is 2.14 bits per heavy atom. The van der Waals surface area contributed by atoms with Gasteiger partial charge in [0.15, 0.2) is 0 Å². The van der Waals surface area contributed by atoms with Crippen molar-refractivity contribution in [2.45, 2.75) is 12.8 Å². The van der Waals surface area contributed by atoms with E-state index in [4.69, 9.17) is 4.74 Å². The maximum Gasteiger partial charge on any atom is 0.119 e. The van der Waals surface area contributed by atoms with E-state index in [1.54, 1.807) is 7.11 Å². The highest BCUT2D eigenvalue weighted by Crippen LogP contribution is 2.24. The fourth-order valence-electron chi connectivity index (χ4n) is 1.63. The van der Waals surface area contributed by atoms with Gasteiger partial charge in [0.25, 0.3) is 0 Å². The number of hydrogen-bond donors (Lipinski definition) is 0. The lowest BCUT2D eigenvalue weighted by molar-refractivity contribution is 0.414. The second-order valence-electron chi connectivity index (χ2n) is 3.37. The number of ether oxygens (including phenoxy) is 1. The summed E-state index contributed by atoms with van der Waals surface area (Å²) in [6.07, 6.45) is 8.97. The lowest BCUT2D eigenvalue weighted by Gasteiger charge is -2.08. The third-order valence-electron chi connectivity index (χ3n) is 2.40. The Hall–Kier alpha value is -1.50. The van der Waals surface area contributed by atoms with Crippen LogP contribution in [-0.2, 0) is 0 Å². The van der Waals surface area contributed by atoms with Crippen LogP contribution < -0.4 is 4.74 Å². The first-order valence-corrected chi connectivity index (χ1v) is 4.91. The van der Waals surface area contributed by atoms with E-state index in [0.29, 0.717) is 0 Å². The Labute approximate surface area is 84.7 Å². The number of rotatable bonds is 2. The normalized spacial score (nSPS) is 15.1. The molecule has 0 fully saturated rings. The summed E-state index contributed by atoms with van der Waals surface area (Å²) < 4.78 is 5.19. The van der Waals surface area contributed by atoms with E-state index in [2.05, 4.69) is 30.4 Å². The van der Waals surface area contributed by atoms with Gasteiger partial charge in [0, 0.05) is 0 Å². The van der Waals surface area contributed by atoms with Crippen molar-refractivity contribution in [2.24, 2.45) is 0 Å². The molecule has 0 spiro atoms. The minimum absolute atomic E-state index is 0.919. The van der Waals surface area contributed by atoms with Crippen LogP contribution in [0.2, 0.25) is 0 Å². The van der Waals surface area contributed by atoms with E-state index < -0.39 is 0 Å². The topological polar surface area (TPSA) is 9.23 Å². The van der Waals surface area contributed by atoms with Gasteiger partial charge in [-0.1, -0.05) is 30.4 Å². The van der Waals surface area contributed by atoms with Crippen LogP contribution in [0.5, 0.6) is 5.75 Å². The fraction of sp³-hybridized carbons (Fsp3) is 0.231. The molecule has 0 saturated carbocycles. The van der Waals surface area contributed by atoms with Crippen molar-refractivity contribution in [3.05, 3.63) is 48.1 Å². The number of allylic oxidation sites excluding steroid dienone is 4. The Balaban J connectivity index is 2.31. The molecule has 1 nitrogen and oxygen atoms in total. The van der Waals surface area contributed by atoms with Crippen molar-refractivity contribution in [1.82, 2.24) is 0 Å². The first-order chi connectivity index (χ1) is 6.90. The second kappa shape index (κ2) is 4.14. The van der Waals surface area contributed by atoms with Crippen LogP contribution in [0.25, 0.3) is 5.57 Å². The van der Waals surface area contributed by atoms with Gasteiger partial charge >= 0.3 is 0 Å². The van der Waals surface area contributed by atoms with Gasteiger partial charge in [-0.2, -0.15) is 0 Å². The highest BCUT2D eigenvalue weighted by molar-refractivity contribution is 5.75. The Kier molecular flexibility index (Phi) is 2.68. The highest BCUT2D eigenvalue weighted by atomic mass is 16.5. The summed E-state index contributed by atoms with van der Waals surface area (Å²) in [5.41, 5.74) is 2.54. The lowest BCUT2D eigenvalue weighted by atomic mass is 10.00. The summed E-state index contributed by atoms with van der Waals surface area (Å²) in [6, 6.07) is 8.18. The average Bonchev–Trinajstić information content (AvgIpc) is 2.30. The minimum Gasteiger partial charge on any atom is -0.497 e. The molecule has 14 heavy (non-hydrogen) atoms. The molecule has 0 heterocycles.